The summed E-state index contributed by atoms with van der Waals surface area (Å²) < 4.78 is 0. The van der Waals surface area contributed by atoms with E-state index < -0.39 is 53.7 Å². The molecule has 0 saturated heterocycles. The number of aromatic amines is 2. The van der Waals surface area contributed by atoms with Crippen LogP contribution in [-0.2, 0) is 36.8 Å². The number of H-pyrrole nitrogens is 2. The molecule has 0 aliphatic carbocycles. The Labute approximate surface area is 208 Å². The maximum Gasteiger partial charge on any atom is 0.243 e. The van der Waals surface area contributed by atoms with Crippen molar-refractivity contribution in [1.82, 2.24) is 41.2 Å². The van der Waals surface area contributed by atoms with Gasteiger partial charge in [-0.1, -0.05) is 13.8 Å². The van der Waals surface area contributed by atoms with Gasteiger partial charge in [0.25, 0.3) is 0 Å². The Hall–Kier alpha value is -4.23. The minimum Gasteiger partial charge on any atom is -0.368 e. The number of nitrogens with two attached hydrogens (primary N) is 1. The van der Waals surface area contributed by atoms with Crippen LogP contribution < -0.4 is 27.0 Å². The van der Waals surface area contributed by atoms with Gasteiger partial charge in [0.15, 0.2) is 0 Å². The number of imidazole rings is 2. The summed E-state index contributed by atoms with van der Waals surface area (Å²) >= 11 is 0. The highest BCUT2D eigenvalue weighted by molar-refractivity contribution is 5.95. The monoisotopic (exact) mass is 503 g/mol. The maximum atomic E-state index is 13.1. The fourth-order valence-electron chi connectivity index (χ4n) is 3.44. The van der Waals surface area contributed by atoms with E-state index in [4.69, 9.17) is 5.73 Å². The molecule has 2 aromatic rings. The molecule has 0 bridgehead atoms. The van der Waals surface area contributed by atoms with Crippen molar-refractivity contribution in [3.05, 3.63) is 36.4 Å². The smallest absolute Gasteiger partial charge is 0.243 e. The summed E-state index contributed by atoms with van der Waals surface area (Å²) in [6, 6.07) is -3.92. The Morgan fingerprint density at radius 2 is 1.17 bits per heavy atom. The third-order valence-corrected chi connectivity index (χ3v) is 5.39. The molecule has 0 saturated carbocycles. The summed E-state index contributed by atoms with van der Waals surface area (Å²) in [5.41, 5.74) is 6.52. The van der Waals surface area contributed by atoms with Crippen LogP contribution in [0.15, 0.2) is 25.0 Å². The molecule has 2 aromatic heterocycles. The van der Waals surface area contributed by atoms with Crippen LogP contribution in [0.1, 0.15) is 45.0 Å². The molecule has 196 valence electrons. The number of nitrogens with one attached hydrogen (secondary N) is 6. The van der Waals surface area contributed by atoms with Crippen molar-refractivity contribution >= 4 is 29.5 Å². The van der Waals surface area contributed by atoms with Crippen LogP contribution in [0.4, 0.5) is 0 Å². The van der Waals surface area contributed by atoms with Gasteiger partial charge in [0, 0.05) is 43.5 Å². The first-order valence-corrected chi connectivity index (χ1v) is 11.6. The number of hydrogen-bond acceptors (Lipinski definition) is 7. The van der Waals surface area contributed by atoms with Crippen molar-refractivity contribution in [2.75, 3.05) is 0 Å². The second-order valence-electron chi connectivity index (χ2n) is 8.22. The van der Waals surface area contributed by atoms with Crippen LogP contribution in [0, 0.1) is 0 Å². The molecule has 36 heavy (non-hydrogen) atoms. The molecular formula is C22H33N9O5. The highest BCUT2D eigenvalue weighted by Crippen LogP contribution is 2.04. The zero-order valence-corrected chi connectivity index (χ0v) is 20.5. The average molecular weight is 504 g/mol. The van der Waals surface area contributed by atoms with Gasteiger partial charge in [-0.3, -0.25) is 24.0 Å². The predicted molar refractivity (Wildman–Crippen MR) is 128 cm³/mol. The van der Waals surface area contributed by atoms with Gasteiger partial charge in [-0.15, -0.1) is 0 Å². The Balaban J connectivity index is 2.13. The number of aromatic nitrogens is 4. The van der Waals surface area contributed by atoms with E-state index in [1.54, 1.807) is 13.8 Å². The number of carbonyl (C=O) groups excluding carboxylic acids is 5. The van der Waals surface area contributed by atoms with Crippen LogP contribution in [0.5, 0.6) is 0 Å². The lowest BCUT2D eigenvalue weighted by Crippen LogP contribution is -2.58. The van der Waals surface area contributed by atoms with E-state index in [1.165, 1.54) is 32.0 Å². The van der Waals surface area contributed by atoms with Crippen LogP contribution in [0.2, 0.25) is 0 Å². The fourth-order valence-corrected chi connectivity index (χ4v) is 3.44. The third kappa shape index (κ3) is 8.52. The summed E-state index contributed by atoms with van der Waals surface area (Å²) in [5, 5.41) is 10.4. The van der Waals surface area contributed by atoms with Crippen molar-refractivity contribution < 1.29 is 24.0 Å². The zero-order chi connectivity index (χ0) is 26.7. The van der Waals surface area contributed by atoms with Crippen LogP contribution in [-0.4, -0.2) is 73.6 Å². The molecule has 14 nitrogen and oxygen atoms in total. The molecule has 14 heteroatoms. The lowest BCUT2D eigenvalue weighted by molar-refractivity contribution is -0.134. The number of rotatable bonds is 14. The van der Waals surface area contributed by atoms with Crippen LogP contribution >= 0.6 is 0 Å². The van der Waals surface area contributed by atoms with Gasteiger partial charge in [0.05, 0.1) is 12.7 Å². The highest BCUT2D eigenvalue weighted by atomic mass is 16.2. The first kappa shape index (κ1) is 28.0. The Kier molecular flexibility index (Phi) is 10.6. The van der Waals surface area contributed by atoms with E-state index in [2.05, 4.69) is 41.2 Å². The van der Waals surface area contributed by atoms with Gasteiger partial charge < -0.3 is 37.0 Å². The van der Waals surface area contributed by atoms with E-state index in [0.29, 0.717) is 11.4 Å². The summed E-state index contributed by atoms with van der Waals surface area (Å²) in [7, 11) is 0. The van der Waals surface area contributed by atoms with Crippen LogP contribution in [0.25, 0.3) is 0 Å². The summed E-state index contributed by atoms with van der Waals surface area (Å²) in [5.74, 6) is -2.90. The summed E-state index contributed by atoms with van der Waals surface area (Å²) in [6.45, 7) is 4.66. The molecule has 4 unspecified atom stereocenters. The lowest BCUT2D eigenvalue weighted by atomic mass is 10.1. The molecule has 0 spiro atoms. The Morgan fingerprint density at radius 3 is 1.56 bits per heavy atom. The molecule has 0 aliphatic rings. The van der Waals surface area contributed by atoms with Gasteiger partial charge in [-0.2, -0.15) is 0 Å². The standard InChI is InChI=1S/C22H33N9O5/c1-4-15(19(23)33)29-22(36)18(7-14-9-25-11-27-14)31-20(34)16(5-2)30-21(35)17(28-12(3)32)6-13-8-24-10-26-13/h8-11,15-18H,4-7H2,1-3H3,(H2,23,33)(H,24,26)(H,25,27)(H,28,32)(H,29,36)(H,30,35)(H,31,34). The van der Waals surface area contributed by atoms with Gasteiger partial charge in [0.2, 0.25) is 29.5 Å². The largest absolute Gasteiger partial charge is 0.368 e. The Bertz CT molecular complexity index is 1020. The predicted octanol–water partition coefficient (Wildman–Crippen LogP) is -1.82. The molecule has 4 atom stereocenters. The van der Waals surface area contributed by atoms with Gasteiger partial charge in [-0.25, -0.2) is 9.97 Å². The highest BCUT2D eigenvalue weighted by Gasteiger charge is 2.30. The molecule has 0 radical (unpaired) electrons. The zero-order valence-electron chi connectivity index (χ0n) is 20.5. The van der Waals surface area contributed by atoms with Gasteiger partial charge in [0.1, 0.15) is 24.2 Å². The number of nitrogens with zero attached hydrogens (tertiary/aromatic N) is 2. The summed E-state index contributed by atoms with van der Waals surface area (Å²) in [6.07, 6.45) is 6.61. The topological polar surface area (TPSA) is 217 Å². The Morgan fingerprint density at radius 1 is 0.750 bits per heavy atom. The van der Waals surface area contributed by atoms with Crippen molar-refractivity contribution in [1.29, 1.82) is 0 Å². The molecule has 5 amide bonds. The number of carbonyl (C=O) groups is 5. The van der Waals surface area contributed by atoms with Crippen molar-refractivity contribution in [3.63, 3.8) is 0 Å². The molecule has 0 aliphatic heterocycles. The molecule has 2 heterocycles. The van der Waals surface area contributed by atoms with E-state index in [-0.39, 0.29) is 25.7 Å². The van der Waals surface area contributed by atoms with E-state index in [0.717, 1.165) is 0 Å². The van der Waals surface area contributed by atoms with Crippen LogP contribution in [0.3, 0.4) is 0 Å². The van der Waals surface area contributed by atoms with Crippen molar-refractivity contribution in [3.8, 4) is 0 Å². The third-order valence-electron chi connectivity index (χ3n) is 5.39. The fraction of sp³-hybridized carbons (Fsp3) is 0.500. The maximum absolute atomic E-state index is 13.1. The minimum absolute atomic E-state index is 0.0610. The summed E-state index contributed by atoms with van der Waals surface area (Å²) in [4.78, 5) is 75.7. The SMILES string of the molecule is CCC(NC(=O)C(Cc1cnc[nH]1)NC(=O)C(CC)NC(=O)C(Cc1cnc[nH]1)NC(C)=O)C(N)=O. The second-order valence-corrected chi connectivity index (χ2v) is 8.22. The van der Waals surface area contributed by atoms with E-state index >= 15 is 0 Å². The van der Waals surface area contributed by atoms with Crippen molar-refractivity contribution in [2.24, 2.45) is 5.73 Å². The molecule has 2 rings (SSSR count). The first-order valence-electron chi connectivity index (χ1n) is 11.6. The number of primary amides is 1. The minimum atomic E-state index is -1.08. The number of hydrogen-bond donors (Lipinski definition) is 7. The quantitative estimate of drug-likeness (QED) is 0.156. The second kappa shape index (κ2) is 13.6. The molecular weight excluding hydrogens is 470 g/mol. The van der Waals surface area contributed by atoms with Gasteiger partial charge >= 0.3 is 0 Å². The lowest BCUT2D eigenvalue weighted by Gasteiger charge is -2.25. The average Bonchev–Trinajstić information content (AvgIpc) is 3.53. The van der Waals surface area contributed by atoms with Gasteiger partial charge in [-0.05, 0) is 12.8 Å². The van der Waals surface area contributed by atoms with E-state index in [1.807, 2.05) is 0 Å². The first-order chi connectivity index (χ1) is 17.1. The molecule has 0 aromatic carbocycles. The number of amides is 5. The normalized spacial score (nSPS) is 14.1. The van der Waals surface area contributed by atoms with Crippen molar-refractivity contribution in [2.45, 2.75) is 70.6 Å². The molecule has 0 fully saturated rings. The van der Waals surface area contributed by atoms with E-state index in [9.17, 15) is 24.0 Å². The molecule has 8 N–H and O–H groups in total.